The molecule has 1 rings (SSSR count). The summed E-state index contributed by atoms with van der Waals surface area (Å²) in [5.41, 5.74) is 1.18. The van der Waals surface area contributed by atoms with Gasteiger partial charge in [-0.3, -0.25) is 4.79 Å². The summed E-state index contributed by atoms with van der Waals surface area (Å²) in [7, 11) is 1.78. The van der Waals surface area contributed by atoms with Crippen LogP contribution in [0, 0.1) is 0 Å². The summed E-state index contributed by atoms with van der Waals surface area (Å²) in [5, 5.41) is 3.22. The zero-order chi connectivity index (χ0) is 13.5. The quantitative estimate of drug-likeness (QED) is 0.829. The molecule has 0 saturated heterocycles. The lowest BCUT2D eigenvalue weighted by molar-refractivity contribution is -0.128. The Kier molecular flexibility index (Phi) is 5.78. The maximum Gasteiger partial charge on any atom is 0.219 e. The summed E-state index contributed by atoms with van der Waals surface area (Å²) in [5.74, 6) is 0.0331. The molecule has 0 saturated carbocycles. The molecule has 3 nitrogen and oxygen atoms in total. The van der Waals surface area contributed by atoms with Gasteiger partial charge in [-0.1, -0.05) is 49.5 Å². The molecule has 0 bridgehead atoms. The molecule has 0 aliphatic carbocycles. The van der Waals surface area contributed by atoms with Gasteiger partial charge in [0.05, 0.1) is 11.0 Å². The number of nitrogens with one attached hydrogen (secondary N) is 1. The Morgan fingerprint density at radius 3 is 2.50 bits per heavy atom. The van der Waals surface area contributed by atoms with Crippen molar-refractivity contribution in [2.75, 3.05) is 7.05 Å². The molecule has 18 heavy (non-hydrogen) atoms. The summed E-state index contributed by atoms with van der Waals surface area (Å²) in [6.45, 7) is 4.28. The fourth-order valence-electron chi connectivity index (χ4n) is 1.76. The molecule has 1 aromatic carbocycles. The van der Waals surface area contributed by atoms with E-state index in [2.05, 4.69) is 5.32 Å². The van der Waals surface area contributed by atoms with E-state index in [-0.39, 0.29) is 11.9 Å². The summed E-state index contributed by atoms with van der Waals surface area (Å²) >= 11 is 5.36. The van der Waals surface area contributed by atoms with Crippen LogP contribution < -0.4 is 5.32 Å². The van der Waals surface area contributed by atoms with Gasteiger partial charge in [0.1, 0.15) is 0 Å². The Hall–Kier alpha value is -1.42. The van der Waals surface area contributed by atoms with Crippen molar-refractivity contribution in [3.63, 3.8) is 0 Å². The minimum absolute atomic E-state index is 0.0267. The number of likely N-dealkylation sites (N-methyl/N-ethyl adjacent to an activating group) is 1. The fraction of sp³-hybridized carbons (Fsp3) is 0.429. The maximum atomic E-state index is 11.4. The van der Waals surface area contributed by atoms with E-state index in [0.717, 1.165) is 11.4 Å². The molecule has 4 heteroatoms. The van der Waals surface area contributed by atoms with Gasteiger partial charge >= 0.3 is 0 Å². The first-order valence-corrected chi connectivity index (χ1v) is 6.52. The first-order chi connectivity index (χ1) is 8.56. The number of nitrogens with zero attached hydrogens (tertiary/aromatic N) is 1. The van der Waals surface area contributed by atoms with Crippen molar-refractivity contribution in [1.29, 1.82) is 0 Å². The highest BCUT2D eigenvalue weighted by Crippen LogP contribution is 2.05. The lowest BCUT2D eigenvalue weighted by atomic mass is 10.1. The van der Waals surface area contributed by atoms with Crippen LogP contribution in [0.1, 0.15) is 25.8 Å². The van der Waals surface area contributed by atoms with Crippen LogP contribution in [-0.4, -0.2) is 28.9 Å². The zero-order valence-corrected chi connectivity index (χ0v) is 12.0. The lowest BCUT2D eigenvalue weighted by Crippen LogP contribution is -2.45. The SMILES string of the molecule is CC[C@H](C(=S)NCc1ccccc1)N(C)C(C)=O. The normalized spacial score (nSPS) is 11.7. The van der Waals surface area contributed by atoms with E-state index in [1.165, 1.54) is 5.56 Å². The van der Waals surface area contributed by atoms with E-state index in [9.17, 15) is 4.79 Å². The van der Waals surface area contributed by atoms with Gasteiger partial charge in [0.2, 0.25) is 5.91 Å². The van der Waals surface area contributed by atoms with Gasteiger partial charge in [0, 0.05) is 20.5 Å². The summed E-state index contributed by atoms with van der Waals surface area (Å²) in [6, 6.07) is 10.1. The number of rotatable bonds is 5. The number of carbonyl (C=O) groups excluding carboxylic acids is 1. The van der Waals surface area contributed by atoms with Crippen LogP contribution in [0.25, 0.3) is 0 Å². The average molecular weight is 264 g/mol. The minimum Gasteiger partial charge on any atom is -0.374 e. The van der Waals surface area contributed by atoms with Crippen LogP contribution in [0.4, 0.5) is 0 Å². The molecule has 1 aromatic rings. The van der Waals surface area contributed by atoms with Crippen LogP contribution in [0.2, 0.25) is 0 Å². The molecule has 1 N–H and O–H groups in total. The third-order valence-electron chi connectivity index (χ3n) is 2.96. The van der Waals surface area contributed by atoms with Gasteiger partial charge in [-0.05, 0) is 12.0 Å². The van der Waals surface area contributed by atoms with Crippen LogP contribution in [0.15, 0.2) is 30.3 Å². The lowest BCUT2D eigenvalue weighted by Gasteiger charge is -2.27. The molecule has 1 amide bonds. The topological polar surface area (TPSA) is 32.3 Å². The largest absolute Gasteiger partial charge is 0.374 e. The van der Waals surface area contributed by atoms with E-state index < -0.39 is 0 Å². The van der Waals surface area contributed by atoms with Crippen LogP contribution in [-0.2, 0) is 11.3 Å². The van der Waals surface area contributed by atoms with Gasteiger partial charge in [-0.2, -0.15) is 0 Å². The number of benzene rings is 1. The maximum absolute atomic E-state index is 11.4. The van der Waals surface area contributed by atoms with E-state index in [0.29, 0.717) is 6.54 Å². The monoisotopic (exact) mass is 264 g/mol. The van der Waals surface area contributed by atoms with Gasteiger partial charge in [0.15, 0.2) is 0 Å². The molecule has 0 heterocycles. The second-order valence-corrected chi connectivity index (χ2v) is 4.70. The number of carbonyl (C=O) groups is 1. The summed E-state index contributed by atoms with van der Waals surface area (Å²) in [6.07, 6.45) is 0.816. The Morgan fingerprint density at radius 2 is 2.00 bits per heavy atom. The molecule has 0 aliphatic rings. The Labute approximate surface area is 114 Å². The summed E-state index contributed by atoms with van der Waals surface area (Å²) in [4.78, 5) is 13.8. The van der Waals surface area contributed by atoms with E-state index >= 15 is 0 Å². The fourth-order valence-corrected chi connectivity index (χ4v) is 2.15. The van der Waals surface area contributed by atoms with Crippen molar-refractivity contribution < 1.29 is 4.79 Å². The smallest absolute Gasteiger partial charge is 0.219 e. The Bertz CT molecular complexity index is 406. The number of thiocarbonyl (C=S) groups is 1. The predicted octanol–water partition coefficient (Wildman–Crippen LogP) is 2.36. The second kappa shape index (κ2) is 7.11. The van der Waals surface area contributed by atoms with Crippen LogP contribution in [0.3, 0.4) is 0 Å². The van der Waals surface area contributed by atoms with Crippen molar-refractivity contribution >= 4 is 23.1 Å². The molecule has 0 aromatic heterocycles. The Morgan fingerprint density at radius 1 is 1.39 bits per heavy atom. The second-order valence-electron chi connectivity index (χ2n) is 4.26. The van der Waals surface area contributed by atoms with Gasteiger partial charge in [0.25, 0.3) is 0 Å². The predicted molar refractivity (Wildman–Crippen MR) is 78.4 cm³/mol. The summed E-state index contributed by atoms with van der Waals surface area (Å²) < 4.78 is 0. The van der Waals surface area contributed by atoms with E-state index in [1.54, 1.807) is 18.9 Å². The first-order valence-electron chi connectivity index (χ1n) is 6.11. The van der Waals surface area contributed by atoms with Crippen molar-refractivity contribution in [2.45, 2.75) is 32.9 Å². The van der Waals surface area contributed by atoms with E-state index in [4.69, 9.17) is 12.2 Å². The molecule has 0 unspecified atom stereocenters. The van der Waals surface area contributed by atoms with Crippen molar-refractivity contribution in [1.82, 2.24) is 10.2 Å². The highest BCUT2D eigenvalue weighted by atomic mass is 32.1. The van der Waals surface area contributed by atoms with Crippen molar-refractivity contribution in [3.8, 4) is 0 Å². The van der Waals surface area contributed by atoms with Crippen molar-refractivity contribution in [3.05, 3.63) is 35.9 Å². The molecule has 1 atom stereocenters. The standard InChI is InChI=1S/C14H20N2OS/c1-4-13(16(3)11(2)17)14(18)15-10-12-8-6-5-7-9-12/h5-9,13H,4,10H2,1-3H3,(H,15,18)/t13-/m1/s1. The molecule has 0 radical (unpaired) electrons. The van der Waals surface area contributed by atoms with Crippen molar-refractivity contribution in [2.24, 2.45) is 0 Å². The molecular formula is C14H20N2OS. The molecular weight excluding hydrogens is 244 g/mol. The minimum atomic E-state index is -0.0267. The highest BCUT2D eigenvalue weighted by molar-refractivity contribution is 7.80. The molecule has 0 fully saturated rings. The van der Waals surface area contributed by atoms with Crippen LogP contribution in [0.5, 0.6) is 0 Å². The number of amides is 1. The van der Waals surface area contributed by atoms with Gasteiger partial charge in [-0.15, -0.1) is 0 Å². The Balaban J connectivity index is 2.56. The third kappa shape index (κ3) is 4.11. The van der Waals surface area contributed by atoms with Gasteiger partial charge in [-0.25, -0.2) is 0 Å². The van der Waals surface area contributed by atoms with Gasteiger partial charge < -0.3 is 10.2 Å². The third-order valence-corrected chi connectivity index (χ3v) is 3.38. The highest BCUT2D eigenvalue weighted by Gasteiger charge is 2.19. The number of hydrogen-bond acceptors (Lipinski definition) is 2. The molecule has 0 spiro atoms. The average Bonchev–Trinajstić information content (AvgIpc) is 2.38. The number of hydrogen-bond donors (Lipinski definition) is 1. The van der Waals surface area contributed by atoms with E-state index in [1.807, 2.05) is 37.3 Å². The zero-order valence-electron chi connectivity index (χ0n) is 11.1. The van der Waals surface area contributed by atoms with Crippen LogP contribution >= 0.6 is 12.2 Å². The first kappa shape index (κ1) is 14.6. The molecule has 0 aliphatic heterocycles. The molecule has 98 valence electrons.